The summed E-state index contributed by atoms with van der Waals surface area (Å²) in [5.74, 6) is 0.733. The van der Waals surface area contributed by atoms with Crippen molar-refractivity contribution in [3.8, 4) is 5.75 Å². The van der Waals surface area contributed by atoms with Crippen molar-refractivity contribution in [1.82, 2.24) is 15.5 Å². The number of ether oxygens (including phenoxy) is 1. The van der Waals surface area contributed by atoms with E-state index in [1.54, 1.807) is 23.9 Å². The maximum absolute atomic E-state index is 14.1. The number of amides is 3. The third kappa shape index (κ3) is 7.06. The molecule has 7 nitrogen and oxygen atoms in total. The fourth-order valence-corrected chi connectivity index (χ4v) is 6.33. The summed E-state index contributed by atoms with van der Waals surface area (Å²) in [5.41, 5.74) is 1.05. The number of carbonyl (C=O) groups excluding carboxylic acids is 2. The van der Waals surface area contributed by atoms with Gasteiger partial charge in [-0.3, -0.25) is 4.79 Å². The summed E-state index contributed by atoms with van der Waals surface area (Å²) in [5, 5.41) is 6.28. The van der Waals surface area contributed by atoms with Crippen LogP contribution in [0.3, 0.4) is 0 Å². The molecule has 2 fully saturated rings. The monoisotopic (exact) mass is 532 g/mol. The first-order valence-corrected chi connectivity index (χ1v) is 13.7. The number of thioether (sulfide) groups is 1. The number of benzene rings is 2. The summed E-state index contributed by atoms with van der Waals surface area (Å²) >= 11 is 1.86. The van der Waals surface area contributed by atoms with Crippen LogP contribution in [0.5, 0.6) is 5.75 Å². The highest BCUT2D eigenvalue weighted by Crippen LogP contribution is 2.33. The van der Waals surface area contributed by atoms with Gasteiger partial charge < -0.3 is 25.2 Å². The predicted octanol–water partition coefficient (Wildman–Crippen LogP) is 4.16. The van der Waals surface area contributed by atoms with Gasteiger partial charge in [-0.05, 0) is 37.5 Å². The van der Waals surface area contributed by atoms with Crippen molar-refractivity contribution in [2.45, 2.75) is 49.6 Å². The zero-order valence-electron chi connectivity index (χ0n) is 21.2. The standard InChI is InChI=1S/C27H34F2N4O3S/c1-32(25(34)10-5-9-24-26-21(17-37-24)30-27(35)31-26)13-6-14-36-23-8-4-3-7-18(23)16-33(2)22-15-19(28)11-12-20(22)29/h3-4,7-8,11-12,15,21,24,26H,5-6,9-10,13-14,16-17H2,1-2H3,(H2,30,31,35). The molecule has 0 aliphatic carbocycles. The molecule has 200 valence electrons. The Labute approximate surface area is 220 Å². The molecule has 0 radical (unpaired) electrons. The number of halogens is 2. The van der Waals surface area contributed by atoms with E-state index in [0.717, 1.165) is 36.3 Å². The molecule has 2 heterocycles. The first-order chi connectivity index (χ1) is 17.8. The second kappa shape index (κ2) is 12.5. The molecule has 37 heavy (non-hydrogen) atoms. The zero-order chi connectivity index (χ0) is 26.4. The van der Waals surface area contributed by atoms with E-state index in [4.69, 9.17) is 4.74 Å². The summed E-state index contributed by atoms with van der Waals surface area (Å²) in [6.07, 6.45) is 2.86. The lowest BCUT2D eigenvalue weighted by atomic mass is 10.0. The highest BCUT2D eigenvalue weighted by atomic mass is 32.2. The fraction of sp³-hybridized carbons (Fsp3) is 0.481. The third-order valence-corrected chi connectivity index (χ3v) is 8.35. The first kappa shape index (κ1) is 27.0. The molecule has 4 rings (SSSR count). The van der Waals surface area contributed by atoms with Crippen molar-refractivity contribution < 1.29 is 23.1 Å². The fourth-order valence-electron chi connectivity index (χ4n) is 4.79. The van der Waals surface area contributed by atoms with E-state index in [9.17, 15) is 18.4 Å². The number of nitrogens with zero attached hydrogens (tertiary/aromatic N) is 2. The van der Waals surface area contributed by atoms with Gasteiger partial charge in [0.05, 0.1) is 24.4 Å². The van der Waals surface area contributed by atoms with Crippen LogP contribution >= 0.6 is 11.8 Å². The number of hydrogen-bond donors (Lipinski definition) is 2. The van der Waals surface area contributed by atoms with Crippen LogP contribution in [0.1, 0.15) is 31.2 Å². The molecule has 3 unspecified atom stereocenters. The second-order valence-electron chi connectivity index (χ2n) is 9.59. The number of rotatable bonds is 12. The SMILES string of the molecule is CN(CCCOc1ccccc1CN(C)c1cc(F)ccc1F)C(=O)CCCC1SCC2NC(=O)NC21. The summed E-state index contributed by atoms with van der Waals surface area (Å²) in [6.45, 7) is 1.37. The zero-order valence-corrected chi connectivity index (χ0v) is 22.0. The molecule has 2 aromatic carbocycles. The van der Waals surface area contributed by atoms with Gasteiger partial charge in [0.2, 0.25) is 5.91 Å². The van der Waals surface area contributed by atoms with E-state index >= 15 is 0 Å². The van der Waals surface area contributed by atoms with Gasteiger partial charge in [0.15, 0.2) is 0 Å². The Kier molecular flexibility index (Phi) is 9.13. The van der Waals surface area contributed by atoms with Gasteiger partial charge in [-0.25, -0.2) is 13.6 Å². The Morgan fingerprint density at radius 3 is 2.78 bits per heavy atom. The quantitative estimate of drug-likeness (QED) is 0.317. The highest BCUT2D eigenvalue weighted by molar-refractivity contribution is 8.00. The number of para-hydroxylation sites is 1. The first-order valence-electron chi connectivity index (χ1n) is 12.6. The minimum absolute atomic E-state index is 0.0894. The van der Waals surface area contributed by atoms with Gasteiger partial charge in [0, 0.05) is 56.2 Å². The lowest BCUT2D eigenvalue weighted by molar-refractivity contribution is -0.130. The molecule has 3 atom stereocenters. The van der Waals surface area contributed by atoms with Gasteiger partial charge in [0.1, 0.15) is 17.4 Å². The van der Waals surface area contributed by atoms with Crippen LogP contribution in [0.4, 0.5) is 19.3 Å². The number of nitrogens with one attached hydrogen (secondary N) is 2. The summed E-state index contributed by atoms with van der Waals surface area (Å²) < 4.78 is 33.7. The van der Waals surface area contributed by atoms with Gasteiger partial charge in [0.25, 0.3) is 0 Å². The van der Waals surface area contributed by atoms with Crippen LogP contribution in [0.25, 0.3) is 0 Å². The van der Waals surface area contributed by atoms with Crippen molar-refractivity contribution in [3.63, 3.8) is 0 Å². The average molecular weight is 533 g/mol. The summed E-state index contributed by atoms with van der Waals surface area (Å²) in [4.78, 5) is 27.4. The molecule has 2 saturated heterocycles. The van der Waals surface area contributed by atoms with Crippen molar-refractivity contribution in [1.29, 1.82) is 0 Å². The predicted molar refractivity (Wildman–Crippen MR) is 142 cm³/mol. The van der Waals surface area contributed by atoms with E-state index in [0.29, 0.717) is 43.5 Å². The Morgan fingerprint density at radius 2 is 1.95 bits per heavy atom. The van der Waals surface area contributed by atoms with Gasteiger partial charge >= 0.3 is 6.03 Å². The molecule has 2 N–H and O–H groups in total. The Hall–Kier alpha value is -3.01. The molecule has 0 saturated carbocycles. The largest absolute Gasteiger partial charge is 0.493 e. The number of hydrogen-bond acceptors (Lipinski definition) is 5. The van der Waals surface area contributed by atoms with Gasteiger partial charge in [-0.2, -0.15) is 11.8 Å². The lowest BCUT2D eigenvalue weighted by Gasteiger charge is -2.22. The van der Waals surface area contributed by atoms with Crippen LogP contribution < -0.4 is 20.3 Å². The number of fused-ring (bicyclic) bond motifs is 1. The lowest BCUT2D eigenvalue weighted by Crippen LogP contribution is -2.37. The molecule has 0 spiro atoms. The molecular weight excluding hydrogens is 498 g/mol. The number of anilines is 1. The Bertz CT molecular complexity index is 1110. The molecular formula is C27H34F2N4O3S. The van der Waals surface area contributed by atoms with Crippen LogP contribution in [0.2, 0.25) is 0 Å². The normalized spacial score (nSPS) is 20.2. The maximum atomic E-state index is 14.1. The Morgan fingerprint density at radius 1 is 1.14 bits per heavy atom. The third-order valence-electron chi connectivity index (χ3n) is 6.84. The smallest absolute Gasteiger partial charge is 0.315 e. The van der Waals surface area contributed by atoms with Crippen LogP contribution in [-0.2, 0) is 11.3 Å². The maximum Gasteiger partial charge on any atom is 0.315 e. The van der Waals surface area contributed by atoms with E-state index in [1.807, 2.05) is 36.0 Å². The molecule has 3 amide bonds. The summed E-state index contributed by atoms with van der Waals surface area (Å²) in [6, 6.07) is 11.2. The minimum atomic E-state index is -0.489. The van der Waals surface area contributed by atoms with Crippen LogP contribution in [0.15, 0.2) is 42.5 Å². The molecule has 10 heteroatoms. The van der Waals surface area contributed by atoms with Crippen LogP contribution in [0, 0.1) is 11.6 Å². The van der Waals surface area contributed by atoms with Crippen molar-refractivity contribution in [2.75, 3.05) is 37.9 Å². The molecule has 2 aromatic rings. The topological polar surface area (TPSA) is 73.9 Å². The highest BCUT2D eigenvalue weighted by Gasteiger charge is 2.42. The number of urea groups is 1. The summed E-state index contributed by atoms with van der Waals surface area (Å²) in [7, 11) is 3.51. The molecule has 2 aliphatic rings. The van der Waals surface area contributed by atoms with E-state index < -0.39 is 11.6 Å². The minimum Gasteiger partial charge on any atom is -0.493 e. The van der Waals surface area contributed by atoms with Gasteiger partial charge in [-0.15, -0.1) is 0 Å². The Balaban J connectivity index is 1.17. The van der Waals surface area contributed by atoms with E-state index in [-0.39, 0.29) is 29.7 Å². The van der Waals surface area contributed by atoms with E-state index in [1.165, 1.54) is 6.07 Å². The molecule has 0 bridgehead atoms. The number of carbonyl (C=O) groups is 2. The van der Waals surface area contributed by atoms with Gasteiger partial charge in [-0.1, -0.05) is 18.2 Å². The van der Waals surface area contributed by atoms with Crippen LogP contribution in [-0.4, -0.2) is 67.2 Å². The van der Waals surface area contributed by atoms with E-state index in [2.05, 4.69) is 10.6 Å². The van der Waals surface area contributed by atoms with Crippen molar-refractivity contribution >= 4 is 29.4 Å². The molecule has 0 aromatic heterocycles. The average Bonchev–Trinajstić information content (AvgIpc) is 3.43. The molecule has 2 aliphatic heterocycles. The second-order valence-corrected chi connectivity index (χ2v) is 10.9. The van der Waals surface area contributed by atoms with Crippen molar-refractivity contribution in [2.24, 2.45) is 0 Å². The van der Waals surface area contributed by atoms with Crippen molar-refractivity contribution in [3.05, 3.63) is 59.7 Å².